The SMILES string of the molecule is COCCCC[n+]1cc[nH]c1. The molecule has 1 aromatic heterocycles. The van der Waals surface area contributed by atoms with Gasteiger partial charge < -0.3 is 4.74 Å². The van der Waals surface area contributed by atoms with E-state index < -0.39 is 0 Å². The van der Waals surface area contributed by atoms with E-state index in [4.69, 9.17) is 4.74 Å². The van der Waals surface area contributed by atoms with Crippen LogP contribution >= 0.6 is 0 Å². The highest BCUT2D eigenvalue weighted by Gasteiger charge is 1.94. The van der Waals surface area contributed by atoms with E-state index in [0.29, 0.717) is 0 Å². The average Bonchev–Trinajstić information content (AvgIpc) is 2.50. The summed E-state index contributed by atoms with van der Waals surface area (Å²) in [7, 11) is 1.74. The number of imidazole rings is 1. The van der Waals surface area contributed by atoms with Crippen molar-refractivity contribution in [1.29, 1.82) is 0 Å². The van der Waals surface area contributed by atoms with Gasteiger partial charge in [-0.15, -0.1) is 0 Å². The first-order valence-electron chi connectivity index (χ1n) is 3.94. The van der Waals surface area contributed by atoms with E-state index in [2.05, 4.69) is 9.55 Å². The monoisotopic (exact) mass is 155 g/mol. The second-order valence-corrected chi connectivity index (χ2v) is 2.55. The number of nitrogens with one attached hydrogen (secondary N) is 1. The Morgan fingerprint density at radius 1 is 1.45 bits per heavy atom. The predicted octanol–water partition coefficient (Wildman–Crippen LogP) is 0.729. The molecule has 0 spiro atoms. The quantitative estimate of drug-likeness (QED) is 0.493. The van der Waals surface area contributed by atoms with E-state index in [-0.39, 0.29) is 0 Å². The molecule has 0 aliphatic heterocycles. The molecular weight excluding hydrogens is 140 g/mol. The van der Waals surface area contributed by atoms with Gasteiger partial charge in [-0.25, -0.2) is 4.57 Å². The summed E-state index contributed by atoms with van der Waals surface area (Å²) >= 11 is 0. The highest BCUT2D eigenvalue weighted by Crippen LogP contribution is 1.88. The van der Waals surface area contributed by atoms with Crippen LogP contribution in [-0.4, -0.2) is 18.7 Å². The normalized spacial score (nSPS) is 10.3. The zero-order valence-electron chi connectivity index (χ0n) is 6.92. The lowest BCUT2D eigenvalue weighted by Crippen LogP contribution is -2.30. The van der Waals surface area contributed by atoms with E-state index in [9.17, 15) is 0 Å². The first-order valence-corrected chi connectivity index (χ1v) is 3.94. The largest absolute Gasteiger partial charge is 0.385 e. The van der Waals surface area contributed by atoms with E-state index in [0.717, 1.165) is 19.6 Å². The Labute approximate surface area is 67.0 Å². The molecule has 0 aliphatic rings. The summed E-state index contributed by atoms with van der Waals surface area (Å²) in [6, 6.07) is 0. The summed E-state index contributed by atoms with van der Waals surface area (Å²) in [6.45, 7) is 1.94. The molecule has 1 rings (SSSR count). The third-order valence-corrected chi connectivity index (χ3v) is 1.62. The van der Waals surface area contributed by atoms with Crippen molar-refractivity contribution in [2.75, 3.05) is 13.7 Å². The molecular formula is C8H15N2O+. The Balaban J connectivity index is 2.04. The van der Waals surface area contributed by atoms with Crippen LogP contribution in [0.4, 0.5) is 0 Å². The van der Waals surface area contributed by atoms with Gasteiger partial charge >= 0.3 is 0 Å². The molecule has 0 bridgehead atoms. The molecule has 3 nitrogen and oxygen atoms in total. The second kappa shape index (κ2) is 4.91. The molecule has 11 heavy (non-hydrogen) atoms. The van der Waals surface area contributed by atoms with Crippen LogP contribution in [0, 0.1) is 0 Å². The van der Waals surface area contributed by atoms with Crippen LogP contribution in [0.5, 0.6) is 0 Å². The van der Waals surface area contributed by atoms with E-state index >= 15 is 0 Å². The van der Waals surface area contributed by atoms with Crippen LogP contribution in [0.2, 0.25) is 0 Å². The Bertz CT molecular complexity index is 172. The number of aromatic nitrogens is 2. The van der Waals surface area contributed by atoms with Gasteiger partial charge in [-0.1, -0.05) is 0 Å². The van der Waals surface area contributed by atoms with Crippen LogP contribution in [0.15, 0.2) is 18.7 Å². The highest BCUT2D eigenvalue weighted by molar-refractivity contribution is 4.55. The molecule has 62 valence electrons. The van der Waals surface area contributed by atoms with Gasteiger partial charge in [0.15, 0.2) is 0 Å². The number of aryl methyl sites for hydroxylation is 1. The van der Waals surface area contributed by atoms with Crippen molar-refractivity contribution in [3.8, 4) is 0 Å². The van der Waals surface area contributed by atoms with Crippen LogP contribution < -0.4 is 4.57 Å². The number of hydrogen-bond acceptors (Lipinski definition) is 1. The topological polar surface area (TPSA) is 28.9 Å². The number of methoxy groups -OCH3 is 1. The highest BCUT2D eigenvalue weighted by atomic mass is 16.5. The minimum atomic E-state index is 0.866. The number of ether oxygens (including phenoxy) is 1. The van der Waals surface area contributed by atoms with Crippen molar-refractivity contribution in [2.45, 2.75) is 19.4 Å². The number of hydrogen-bond donors (Lipinski definition) is 1. The molecule has 0 amide bonds. The molecule has 1 N–H and O–H groups in total. The van der Waals surface area contributed by atoms with Crippen molar-refractivity contribution in [3.63, 3.8) is 0 Å². The molecule has 0 saturated heterocycles. The fourth-order valence-electron chi connectivity index (χ4n) is 1.00. The van der Waals surface area contributed by atoms with Gasteiger partial charge in [0.2, 0.25) is 6.33 Å². The smallest absolute Gasteiger partial charge is 0.241 e. The lowest BCUT2D eigenvalue weighted by molar-refractivity contribution is -0.696. The number of aromatic amines is 1. The van der Waals surface area contributed by atoms with Gasteiger partial charge in [-0.05, 0) is 12.8 Å². The van der Waals surface area contributed by atoms with Crippen LogP contribution in [0.1, 0.15) is 12.8 Å². The summed E-state index contributed by atoms with van der Waals surface area (Å²) in [6.07, 6.45) is 8.24. The van der Waals surface area contributed by atoms with E-state index in [1.165, 1.54) is 6.42 Å². The van der Waals surface area contributed by atoms with Gasteiger partial charge in [-0.3, -0.25) is 4.98 Å². The van der Waals surface area contributed by atoms with E-state index in [1.54, 1.807) is 7.11 Å². The third-order valence-electron chi connectivity index (χ3n) is 1.62. The van der Waals surface area contributed by atoms with Crippen molar-refractivity contribution >= 4 is 0 Å². The molecule has 1 aromatic rings. The molecule has 0 saturated carbocycles. The van der Waals surface area contributed by atoms with Crippen molar-refractivity contribution < 1.29 is 9.30 Å². The standard InChI is InChI=1S/C8H14N2O/c1-11-7-3-2-5-10-6-4-9-8-10/h4,6,8H,2-3,5,7H2,1H3/p+1. The fourth-order valence-corrected chi connectivity index (χ4v) is 1.00. The van der Waals surface area contributed by atoms with Crippen molar-refractivity contribution in [1.82, 2.24) is 4.98 Å². The molecule has 0 fully saturated rings. The summed E-state index contributed by atoms with van der Waals surface area (Å²) < 4.78 is 7.08. The van der Waals surface area contributed by atoms with Crippen molar-refractivity contribution in [3.05, 3.63) is 18.7 Å². The van der Waals surface area contributed by atoms with Crippen LogP contribution in [-0.2, 0) is 11.3 Å². The van der Waals surface area contributed by atoms with Gasteiger partial charge in [0.05, 0.1) is 6.54 Å². The molecule has 0 radical (unpaired) electrons. The van der Waals surface area contributed by atoms with Gasteiger partial charge in [0.1, 0.15) is 12.4 Å². The number of rotatable bonds is 5. The van der Waals surface area contributed by atoms with Crippen LogP contribution in [0.25, 0.3) is 0 Å². The molecule has 0 aromatic carbocycles. The molecule has 1 heterocycles. The maximum absolute atomic E-state index is 4.94. The minimum absolute atomic E-state index is 0.866. The van der Waals surface area contributed by atoms with Gasteiger partial charge in [-0.2, -0.15) is 0 Å². The lowest BCUT2D eigenvalue weighted by Gasteiger charge is -1.96. The maximum Gasteiger partial charge on any atom is 0.241 e. The van der Waals surface area contributed by atoms with Crippen LogP contribution in [0.3, 0.4) is 0 Å². The minimum Gasteiger partial charge on any atom is -0.385 e. The number of nitrogens with zero attached hydrogens (tertiary/aromatic N) is 1. The summed E-state index contributed by atoms with van der Waals surface area (Å²) in [5.74, 6) is 0. The summed E-state index contributed by atoms with van der Waals surface area (Å²) in [5.41, 5.74) is 0. The van der Waals surface area contributed by atoms with Gasteiger partial charge in [0.25, 0.3) is 0 Å². The lowest BCUT2D eigenvalue weighted by atomic mass is 10.3. The third kappa shape index (κ3) is 3.18. The Morgan fingerprint density at radius 3 is 3.00 bits per heavy atom. The number of unbranched alkanes of at least 4 members (excludes halogenated alkanes) is 1. The first-order chi connectivity index (χ1) is 5.43. The number of H-pyrrole nitrogens is 1. The molecule has 0 unspecified atom stereocenters. The molecule has 0 aliphatic carbocycles. The zero-order valence-corrected chi connectivity index (χ0v) is 6.92. The first kappa shape index (κ1) is 8.27. The molecule has 0 atom stereocenters. The van der Waals surface area contributed by atoms with E-state index in [1.807, 2.05) is 18.7 Å². The summed E-state index contributed by atoms with van der Waals surface area (Å²) in [4.78, 5) is 3.00. The second-order valence-electron chi connectivity index (χ2n) is 2.55. The Kier molecular flexibility index (Phi) is 3.69. The predicted molar refractivity (Wildman–Crippen MR) is 42.1 cm³/mol. The van der Waals surface area contributed by atoms with Crippen molar-refractivity contribution in [2.24, 2.45) is 0 Å². The molecule has 3 heteroatoms. The Hall–Kier alpha value is -0.830. The zero-order chi connectivity index (χ0) is 7.94. The maximum atomic E-state index is 4.94. The fraction of sp³-hybridized carbons (Fsp3) is 0.625. The average molecular weight is 155 g/mol. The van der Waals surface area contributed by atoms with Gasteiger partial charge in [0, 0.05) is 13.7 Å². The summed E-state index contributed by atoms with van der Waals surface area (Å²) in [5, 5.41) is 0. The Morgan fingerprint density at radius 2 is 2.36 bits per heavy atom.